The van der Waals surface area contributed by atoms with Crippen LogP contribution >= 0.6 is 0 Å². The van der Waals surface area contributed by atoms with E-state index in [9.17, 15) is 19.5 Å². The first-order valence-corrected chi connectivity index (χ1v) is 8.83. The van der Waals surface area contributed by atoms with Crippen molar-refractivity contribution in [3.05, 3.63) is 34.2 Å². The maximum absolute atomic E-state index is 12.6. The van der Waals surface area contributed by atoms with E-state index in [2.05, 4.69) is 4.98 Å². The Kier molecular flexibility index (Phi) is 4.94. The second kappa shape index (κ2) is 7.00. The van der Waals surface area contributed by atoms with Crippen LogP contribution in [-0.4, -0.2) is 64.0 Å². The number of aromatic nitrogens is 1. The Bertz CT molecular complexity index is 704. The van der Waals surface area contributed by atoms with E-state index in [1.54, 1.807) is 28.9 Å². The molecule has 2 aliphatic heterocycles. The van der Waals surface area contributed by atoms with Gasteiger partial charge in [-0.15, -0.1) is 0 Å². The predicted molar refractivity (Wildman–Crippen MR) is 92.1 cm³/mol. The third-order valence-electron chi connectivity index (χ3n) is 5.39. The van der Waals surface area contributed by atoms with Gasteiger partial charge >= 0.3 is 0 Å². The first kappa shape index (κ1) is 17.7. The van der Waals surface area contributed by atoms with E-state index in [4.69, 9.17) is 0 Å². The van der Waals surface area contributed by atoms with Gasteiger partial charge in [0.15, 0.2) is 0 Å². The fraction of sp³-hybridized carbons (Fsp3) is 0.611. The van der Waals surface area contributed by atoms with Crippen molar-refractivity contribution in [3.63, 3.8) is 0 Å². The molecule has 2 N–H and O–H groups in total. The van der Waals surface area contributed by atoms with Crippen molar-refractivity contribution in [1.29, 1.82) is 0 Å². The Hall–Kier alpha value is -2.15. The molecule has 3 rings (SSSR count). The standard InChI is InChI=1S/C18H25N3O4/c1-13(22)11-21-12-18(5-4-15(21)23)6-9-20(10-7-18)17(25)14-3-2-8-19-16(14)24/h2-3,8,13,22H,4-7,9-12H2,1H3,(H,19,24)/t13-/m1/s1. The second-order valence-corrected chi connectivity index (χ2v) is 7.33. The Morgan fingerprint density at radius 3 is 2.68 bits per heavy atom. The molecule has 0 saturated carbocycles. The monoisotopic (exact) mass is 347 g/mol. The van der Waals surface area contributed by atoms with Crippen LogP contribution in [0.25, 0.3) is 0 Å². The molecule has 0 aromatic carbocycles. The number of aliphatic hydroxyl groups is 1. The minimum Gasteiger partial charge on any atom is -0.392 e. The third-order valence-corrected chi connectivity index (χ3v) is 5.39. The Morgan fingerprint density at radius 1 is 1.32 bits per heavy atom. The molecule has 1 aromatic rings. The molecule has 136 valence electrons. The topological polar surface area (TPSA) is 93.7 Å². The van der Waals surface area contributed by atoms with Gasteiger partial charge in [-0.05, 0) is 43.7 Å². The molecule has 2 amide bonds. The summed E-state index contributed by atoms with van der Waals surface area (Å²) < 4.78 is 0. The number of nitrogens with one attached hydrogen (secondary N) is 1. The zero-order chi connectivity index (χ0) is 18.0. The lowest BCUT2D eigenvalue weighted by Gasteiger charge is -2.47. The average Bonchev–Trinajstić information content (AvgIpc) is 2.58. The van der Waals surface area contributed by atoms with Crippen molar-refractivity contribution in [1.82, 2.24) is 14.8 Å². The van der Waals surface area contributed by atoms with Crippen LogP contribution in [0.4, 0.5) is 0 Å². The van der Waals surface area contributed by atoms with Crippen LogP contribution in [0.2, 0.25) is 0 Å². The van der Waals surface area contributed by atoms with E-state index >= 15 is 0 Å². The van der Waals surface area contributed by atoms with Gasteiger partial charge in [0.2, 0.25) is 5.91 Å². The maximum Gasteiger partial charge on any atom is 0.260 e. The number of likely N-dealkylation sites (tertiary alicyclic amines) is 2. The highest BCUT2D eigenvalue weighted by molar-refractivity contribution is 5.93. The van der Waals surface area contributed by atoms with Crippen LogP contribution < -0.4 is 5.56 Å². The normalized spacial score (nSPS) is 21.4. The molecule has 1 spiro atoms. The molecule has 0 aliphatic carbocycles. The van der Waals surface area contributed by atoms with E-state index in [-0.39, 0.29) is 28.4 Å². The Labute approximate surface area is 146 Å². The number of H-pyrrole nitrogens is 1. The molecule has 2 fully saturated rings. The molecule has 7 heteroatoms. The van der Waals surface area contributed by atoms with Crippen molar-refractivity contribution in [3.8, 4) is 0 Å². The zero-order valence-electron chi connectivity index (χ0n) is 14.5. The van der Waals surface area contributed by atoms with Crippen LogP contribution in [-0.2, 0) is 4.79 Å². The lowest BCUT2D eigenvalue weighted by atomic mass is 9.72. The van der Waals surface area contributed by atoms with Crippen LogP contribution in [0.5, 0.6) is 0 Å². The molecular weight excluding hydrogens is 322 g/mol. The summed E-state index contributed by atoms with van der Waals surface area (Å²) in [5, 5.41) is 9.60. The number of β-amino-alcohol motifs (C(OH)–C–C–N with tert-alkyl or cyclic N) is 1. The Morgan fingerprint density at radius 2 is 2.04 bits per heavy atom. The smallest absolute Gasteiger partial charge is 0.260 e. The number of rotatable bonds is 3. The van der Waals surface area contributed by atoms with Gasteiger partial charge in [-0.1, -0.05) is 0 Å². The molecule has 25 heavy (non-hydrogen) atoms. The maximum atomic E-state index is 12.6. The van der Waals surface area contributed by atoms with E-state index < -0.39 is 6.10 Å². The number of nitrogens with zero attached hydrogens (tertiary/aromatic N) is 2. The first-order valence-electron chi connectivity index (χ1n) is 8.83. The molecular formula is C18H25N3O4. The number of amides is 2. The van der Waals surface area contributed by atoms with E-state index in [0.717, 1.165) is 19.3 Å². The average molecular weight is 347 g/mol. The fourth-order valence-electron chi connectivity index (χ4n) is 3.94. The summed E-state index contributed by atoms with van der Waals surface area (Å²) in [5.41, 5.74) is -0.171. The molecule has 7 nitrogen and oxygen atoms in total. The van der Waals surface area contributed by atoms with Gasteiger partial charge in [0.05, 0.1) is 6.10 Å². The molecule has 2 saturated heterocycles. The summed E-state index contributed by atoms with van der Waals surface area (Å²) in [6.45, 7) is 3.87. The summed E-state index contributed by atoms with van der Waals surface area (Å²) in [4.78, 5) is 42.5. The van der Waals surface area contributed by atoms with Gasteiger partial charge in [-0.25, -0.2) is 0 Å². The first-order chi connectivity index (χ1) is 11.9. The number of carbonyl (C=O) groups is 2. The fourth-order valence-corrected chi connectivity index (χ4v) is 3.94. The van der Waals surface area contributed by atoms with Gasteiger partial charge < -0.3 is 19.9 Å². The van der Waals surface area contributed by atoms with Crippen molar-refractivity contribution in [2.24, 2.45) is 5.41 Å². The molecule has 0 radical (unpaired) electrons. The van der Waals surface area contributed by atoms with E-state index in [1.165, 1.54) is 6.20 Å². The minimum absolute atomic E-state index is 0.0166. The summed E-state index contributed by atoms with van der Waals surface area (Å²) >= 11 is 0. The predicted octanol–water partition coefficient (Wildman–Crippen LogP) is 0.600. The summed E-state index contributed by atoms with van der Waals surface area (Å²) in [5.74, 6) is -0.134. The number of aliphatic hydroxyl groups excluding tert-OH is 1. The van der Waals surface area contributed by atoms with Gasteiger partial charge in [0, 0.05) is 38.8 Å². The van der Waals surface area contributed by atoms with Gasteiger partial charge in [-0.2, -0.15) is 0 Å². The molecule has 3 heterocycles. The third kappa shape index (κ3) is 3.76. The van der Waals surface area contributed by atoms with Gasteiger partial charge in [0.1, 0.15) is 5.56 Å². The second-order valence-electron chi connectivity index (χ2n) is 7.33. The van der Waals surface area contributed by atoms with Crippen molar-refractivity contribution >= 4 is 11.8 Å². The van der Waals surface area contributed by atoms with Crippen LogP contribution in [0, 0.1) is 5.41 Å². The van der Waals surface area contributed by atoms with Gasteiger partial charge in [-0.3, -0.25) is 14.4 Å². The SMILES string of the molecule is C[C@@H](O)CN1CC2(CCC1=O)CCN(C(=O)c1ccc[nH]c1=O)CC2. The lowest BCUT2D eigenvalue weighted by molar-refractivity contribution is -0.140. The Balaban J connectivity index is 1.65. The highest BCUT2D eigenvalue weighted by Gasteiger charge is 2.42. The largest absolute Gasteiger partial charge is 0.392 e. The number of aromatic amines is 1. The quantitative estimate of drug-likeness (QED) is 0.837. The molecule has 2 aliphatic rings. The summed E-state index contributed by atoms with van der Waals surface area (Å²) in [6.07, 6.45) is 3.93. The number of piperidine rings is 2. The summed E-state index contributed by atoms with van der Waals surface area (Å²) in [6, 6.07) is 3.20. The highest BCUT2D eigenvalue weighted by Crippen LogP contribution is 2.40. The molecule has 0 unspecified atom stereocenters. The number of hydrogen-bond donors (Lipinski definition) is 2. The zero-order valence-corrected chi connectivity index (χ0v) is 14.5. The van der Waals surface area contributed by atoms with Crippen molar-refractivity contribution < 1.29 is 14.7 Å². The van der Waals surface area contributed by atoms with Gasteiger partial charge in [0.25, 0.3) is 11.5 Å². The van der Waals surface area contributed by atoms with E-state index in [1.807, 2.05) is 0 Å². The minimum atomic E-state index is -0.537. The molecule has 0 bridgehead atoms. The van der Waals surface area contributed by atoms with Crippen LogP contribution in [0.3, 0.4) is 0 Å². The van der Waals surface area contributed by atoms with Crippen molar-refractivity contribution in [2.75, 3.05) is 26.2 Å². The summed E-state index contributed by atoms with van der Waals surface area (Å²) in [7, 11) is 0. The van der Waals surface area contributed by atoms with Crippen LogP contribution in [0.15, 0.2) is 23.1 Å². The highest BCUT2D eigenvalue weighted by atomic mass is 16.3. The number of pyridine rings is 1. The number of hydrogen-bond acceptors (Lipinski definition) is 4. The lowest BCUT2D eigenvalue weighted by Crippen LogP contribution is -2.53. The van der Waals surface area contributed by atoms with Crippen molar-refractivity contribution in [2.45, 2.75) is 38.7 Å². The number of carbonyl (C=O) groups excluding carboxylic acids is 2. The molecule has 1 aromatic heterocycles. The van der Waals surface area contributed by atoms with Crippen LogP contribution in [0.1, 0.15) is 43.0 Å². The molecule has 1 atom stereocenters. The van der Waals surface area contributed by atoms with E-state index in [0.29, 0.717) is 32.6 Å².